The third kappa shape index (κ3) is 5.23. The predicted molar refractivity (Wildman–Crippen MR) is 134 cm³/mol. The summed E-state index contributed by atoms with van der Waals surface area (Å²) in [5.74, 6) is -0.731. The molecule has 2 aromatic heterocycles. The van der Waals surface area contributed by atoms with Gasteiger partial charge in [0, 0.05) is 11.4 Å². The summed E-state index contributed by atoms with van der Waals surface area (Å²) in [6.45, 7) is 2.74. The number of para-hydroxylation sites is 1. The number of hydrogen-bond acceptors (Lipinski definition) is 7. The molecule has 174 valence electrons. The fourth-order valence-electron chi connectivity index (χ4n) is 3.92. The second-order valence-electron chi connectivity index (χ2n) is 7.55. The van der Waals surface area contributed by atoms with Crippen LogP contribution in [0.2, 0.25) is 0 Å². The van der Waals surface area contributed by atoms with Crippen molar-refractivity contribution in [2.75, 3.05) is 23.9 Å². The second kappa shape index (κ2) is 10.7. The van der Waals surface area contributed by atoms with Crippen molar-refractivity contribution >= 4 is 67.4 Å². The smallest absolute Gasteiger partial charge is 0.341 e. The molecule has 0 bridgehead atoms. The van der Waals surface area contributed by atoms with Crippen LogP contribution in [0.5, 0.6) is 0 Å². The number of rotatable bonds is 7. The number of nitrogens with one attached hydrogen (secondary N) is 1. The number of carbonyl (C=O) groups is 3. The molecule has 1 aliphatic carbocycles. The third-order valence-electron chi connectivity index (χ3n) is 5.40. The van der Waals surface area contributed by atoms with Crippen LogP contribution < -0.4 is 10.1 Å². The second-order valence-corrected chi connectivity index (χ2v) is 10.6. The van der Waals surface area contributed by atoms with Gasteiger partial charge in [-0.05, 0) is 50.3 Å². The zero-order valence-electron chi connectivity index (χ0n) is 18.5. The molecular weight excluding hydrogens is 478 g/mol. The number of esters is 1. The Morgan fingerprint density at radius 1 is 1.15 bits per heavy atom. The number of aryl methyl sites for hydroxylation is 2. The van der Waals surface area contributed by atoms with E-state index in [2.05, 4.69) is 10.3 Å². The summed E-state index contributed by atoms with van der Waals surface area (Å²) in [6.07, 6.45) is 3.85. The maximum Gasteiger partial charge on any atom is 0.341 e. The van der Waals surface area contributed by atoms with E-state index in [4.69, 9.17) is 4.74 Å². The number of benzene rings is 1. The Morgan fingerprint density at radius 3 is 2.73 bits per heavy atom. The number of amides is 2. The molecule has 1 aromatic carbocycles. The van der Waals surface area contributed by atoms with E-state index in [0.29, 0.717) is 15.4 Å². The first kappa shape index (κ1) is 23.7. The van der Waals surface area contributed by atoms with Gasteiger partial charge in [0.05, 0.1) is 34.4 Å². The van der Waals surface area contributed by atoms with Gasteiger partial charge in [0.15, 0.2) is 4.80 Å². The number of hydrogen-bond donors (Lipinski definition) is 1. The predicted octanol–water partition coefficient (Wildman–Crippen LogP) is 4.25. The number of fused-ring (bicyclic) bond motifs is 2. The van der Waals surface area contributed by atoms with Gasteiger partial charge in [0.2, 0.25) is 5.91 Å². The zero-order valence-corrected chi connectivity index (χ0v) is 21.0. The van der Waals surface area contributed by atoms with Crippen LogP contribution >= 0.6 is 34.4 Å². The number of methoxy groups -OCH3 is 1. The van der Waals surface area contributed by atoms with Crippen LogP contribution in [-0.4, -0.2) is 41.0 Å². The standard InChI is InChI=1S/C23H25N3O4S3/c1-3-26-15-9-5-7-11-17(15)33-23(26)25-19(28)13-31-12-18(27)24-21-20(22(29)30-2)14-8-4-6-10-16(14)32-21/h5,7,9,11H,3-4,6,8,10,12-13H2,1-2H3,(H,24,27). The molecule has 0 spiro atoms. The average Bonchev–Trinajstić information content (AvgIpc) is 3.35. The van der Waals surface area contributed by atoms with Gasteiger partial charge in [-0.3, -0.25) is 9.59 Å². The van der Waals surface area contributed by atoms with Gasteiger partial charge in [0.25, 0.3) is 5.91 Å². The molecule has 3 aromatic rings. The summed E-state index contributed by atoms with van der Waals surface area (Å²) < 4.78 is 8.04. The van der Waals surface area contributed by atoms with Crippen molar-refractivity contribution in [2.24, 2.45) is 4.99 Å². The normalized spacial score (nSPS) is 13.7. The summed E-state index contributed by atoms with van der Waals surface area (Å²) in [7, 11) is 1.35. The summed E-state index contributed by atoms with van der Waals surface area (Å²) in [5, 5.41) is 3.40. The quantitative estimate of drug-likeness (QED) is 0.487. The molecule has 0 saturated carbocycles. The number of thioether (sulfide) groups is 1. The summed E-state index contributed by atoms with van der Waals surface area (Å²) >= 11 is 4.15. The highest BCUT2D eigenvalue weighted by Gasteiger charge is 2.26. The maximum absolute atomic E-state index is 12.5. The van der Waals surface area contributed by atoms with Gasteiger partial charge < -0.3 is 14.6 Å². The SMILES string of the molecule is CCn1c(=NC(=O)CSCC(=O)Nc2sc3c(c2C(=O)OC)CCCC3)sc2ccccc21. The molecule has 7 nitrogen and oxygen atoms in total. The number of nitrogens with zero attached hydrogens (tertiary/aromatic N) is 2. The summed E-state index contributed by atoms with van der Waals surface area (Å²) in [4.78, 5) is 43.3. The minimum atomic E-state index is -0.418. The van der Waals surface area contributed by atoms with Gasteiger partial charge in [-0.1, -0.05) is 23.5 Å². The van der Waals surface area contributed by atoms with Gasteiger partial charge in [-0.25, -0.2) is 4.79 Å². The van der Waals surface area contributed by atoms with E-state index in [1.807, 2.05) is 35.8 Å². The molecule has 33 heavy (non-hydrogen) atoms. The lowest BCUT2D eigenvalue weighted by molar-refractivity contribution is -0.115. The first-order valence-corrected chi connectivity index (χ1v) is 13.6. The third-order valence-corrected chi connectivity index (χ3v) is 8.58. The Kier molecular flexibility index (Phi) is 7.67. The van der Waals surface area contributed by atoms with Crippen molar-refractivity contribution in [2.45, 2.75) is 39.2 Å². The monoisotopic (exact) mass is 503 g/mol. The van der Waals surface area contributed by atoms with Crippen LogP contribution in [-0.2, 0) is 33.7 Å². The number of aromatic nitrogens is 1. The minimum Gasteiger partial charge on any atom is -0.465 e. The van der Waals surface area contributed by atoms with Gasteiger partial charge in [0.1, 0.15) is 5.00 Å². The Bertz CT molecular complexity index is 1270. The molecule has 2 heterocycles. The summed E-state index contributed by atoms with van der Waals surface area (Å²) in [6, 6.07) is 7.97. The number of thiophene rings is 1. The van der Waals surface area contributed by atoms with Crippen LogP contribution in [0.25, 0.3) is 10.2 Å². The fourth-order valence-corrected chi connectivity index (χ4v) is 6.92. The van der Waals surface area contributed by atoms with Crippen LogP contribution in [0, 0.1) is 0 Å². The number of thiazole rings is 1. The zero-order chi connectivity index (χ0) is 23.4. The Hall–Kier alpha value is -2.43. The lowest BCUT2D eigenvalue weighted by Crippen LogP contribution is -2.18. The molecule has 0 fully saturated rings. The molecule has 1 N–H and O–H groups in total. The van der Waals surface area contributed by atoms with E-state index in [-0.39, 0.29) is 23.3 Å². The Morgan fingerprint density at radius 2 is 1.94 bits per heavy atom. The van der Waals surface area contributed by atoms with Gasteiger partial charge in [-0.15, -0.1) is 23.1 Å². The van der Waals surface area contributed by atoms with Crippen molar-refractivity contribution < 1.29 is 19.1 Å². The number of ether oxygens (including phenoxy) is 1. The van der Waals surface area contributed by atoms with Crippen LogP contribution in [0.3, 0.4) is 0 Å². The van der Waals surface area contributed by atoms with Crippen molar-refractivity contribution in [1.29, 1.82) is 0 Å². The highest BCUT2D eigenvalue weighted by Crippen LogP contribution is 2.38. The van der Waals surface area contributed by atoms with E-state index >= 15 is 0 Å². The Labute approximate surface area is 203 Å². The lowest BCUT2D eigenvalue weighted by atomic mass is 9.95. The summed E-state index contributed by atoms with van der Waals surface area (Å²) in [5.41, 5.74) is 2.54. The lowest BCUT2D eigenvalue weighted by Gasteiger charge is -2.11. The van der Waals surface area contributed by atoms with Crippen LogP contribution in [0.15, 0.2) is 29.3 Å². The molecule has 0 saturated heterocycles. The molecular formula is C23H25N3O4S3. The van der Waals surface area contributed by atoms with E-state index in [0.717, 1.165) is 52.9 Å². The van der Waals surface area contributed by atoms with Crippen molar-refractivity contribution in [3.8, 4) is 0 Å². The van der Waals surface area contributed by atoms with Crippen LogP contribution in [0.4, 0.5) is 5.00 Å². The highest BCUT2D eigenvalue weighted by atomic mass is 32.2. The van der Waals surface area contributed by atoms with E-state index in [1.54, 1.807) is 0 Å². The number of carbonyl (C=O) groups excluding carboxylic acids is 3. The fraction of sp³-hybridized carbons (Fsp3) is 0.391. The molecule has 4 rings (SSSR count). The first-order valence-electron chi connectivity index (χ1n) is 10.8. The molecule has 0 atom stereocenters. The molecule has 0 unspecified atom stereocenters. The topological polar surface area (TPSA) is 89.8 Å². The van der Waals surface area contributed by atoms with Crippen LogP contribution in [0.1, 0.15) is 40.6 Å². The van der Waals surface area contributed by atoms with Gasteiger partial charge >= 0.3 is 5.97 Å². The van der Waals surface area contributed by atoms with Crippen molar-refractivity contribution in [3.05, 3.63) is 45.1 Å². The molecule has 10 heteroatoms. The maximum atomic E-state index is 12.5. The van der Waals surface area contributed by atoms with Gasteiger partial charge in [-0.2, -0.15) is 4.99 Å². The van der Waals surface area contributed by atoms with Crippen molar-refractivity contribution in [3.63, 3.8) is 0 Å². The minimum absolute atomic E-state index is 0.102. The molecule has 0 radical (unpaired) electrons. The highest BCUT2D eigenvalue weighted by molar-refractivity contribution is 8.00. The van der Waals surface area contributed by atoms with Crippen molar-refractivity contribution in [1.82, 2.24) is 4.57 Å². The van der Waals surface area contributed by atoms with E-state index in [1.165, 1.54) is 41.5 Å². The molecule has 2 amide bonds. The van der Waals surface area contributed by atoms with E-state index < -0.39 is 5.97 Å². The molecule has 1 aliphatic rings. The average molecular weight is 504 g/mol. The first-order chi connectivity index (χ1) is 16.0. The Balaban J connectivity index is 1.39. The largest absolute Gasteiger partial charge is 0.465 e. The number of anilines is 1. The van der Waals surface area contributed by atoms with E-state index in [9.17, 15) is 14.4 Å². The molecule has 0 aliphatic heterocycles.